The standard InChI is InChI=1S/C13H19N3O/c1-16(2)12-5-3-10(4-6-12)13(17)15-11-7-8-14-9-11/h3-6,11,14H,7-9H2,1-2H3,(H,15,17)/t11-/m0/s1. The van der Waals surface area contributed by atoms with Gasteiger partial charge in [0.2, 0.25) is 0 Å². The van der Waals surface area contributed by atoms with E-state index in [2.05, 4.69) is 10.6 Å². The van der Waals surface area contributed by atoms with E-state index in [4.69, 9.17) is 0 Å². The van der Waals surface area contributed by atoms with Gasteiger partial charge in [0.15, 0.2) is 0 Å². The van der Waals surface area contributed by atoms with Crippen molar-refractivity contribution in [2.45, 2.75) is 12.5 Å². The van der Waals surface area contributed by atoms with Gasteiger partial charge in [0.25, 0.3) is 5.91 Å². The number of carbonyl (C=O) groups excluding carboxylic acids is 1. The Morgan fingerprint density at radius 3 is 2.59 bits per heavy atom. The molecule has 1 amide bonds. The van der Waals surface area contributed by atoms with E-state index in [0.717, 1.165) is 30.8 Å². The first-order chi connectivity index (χ1) is 8.16. The number of nitrogens with zero attached hydrogens (tertiary/aromatic N) is 1. The summed E-state index contributed by atoms with van der Waals surface area (Å²) in [6.45, 7) is 1.87. The van der Waals surface area contributed by atoms with Gasteiger partial charge in [-0.15, -0.1) is 0 Å². The van der Waals surface area contributed by atoms with Crippen molar-refractivity contribution >= 4 is 11.6 Å². The number of anilines is 1. The monoisotopic (exact) mass is 233 g/mol. The zero-order valence-electron chi connectivity index (χ0n) is 10.4. The average Bonchev–Trinajstić information content (AvgIpc) is 2.82. The molecule has 4 nitrogen and oxygen atoms in total. The highest BCUT2D eigenvalue weighted by molar-refractivity contribution is 5.94. The molecule has 0 spiro atoms. The first-order valence-corrected chi connectivity index (χ1v) is 5.96. The first kappa shape index (κ1) is 11.9. The van der Waals surface area contributed by atoms with E-state index in [9.17, 15) is 4.79 Å². The lowest BCUT2D eigenvalue weighted by Gasteiger charge is -2.14. The summed E-state index contributed by atoms with van der Waals surface area (Å²) in [5.41, 5.74) is 1.83. The van der Waals surface area contributed by atoms with Crippen LogP contribution in [0.5, 0.6) is 0 Å². The zero-order valence-corrected chi connectivity index (χ0v) is 10.4. The Balaban J connectivity index is 1.98. The molecule has 1 aromatic rings. The topological polar surface area (TPSA) is 44.4 Å². The molecule has 1 aliphatic heterocycles. The number of benzene rings is 1. The van der Waals surface area contributed by atoms with E-state index >= 15 is 0 Å². The molecule has 0 aliphatic carbocycles. The van der Waals surface area contributed by atoms with Crippen LogP contribution < -0.4 is 15.5 Å². The summed E-state index contributed by atoms with van der Waals surface area (Å²) in [5.74, 6) is 0.0176. The van der Waals surface area contributed by atoms with Crippen LogP contribution in [0.15, 0.2) is 24.3 Å². The van der Waals surface area contributed by atoms with Gasteiger partial charge in [0, 0.05) is 37.9 Å². The van der Waals surface area contributed by atoms with Crippen LogP contribution >= 0.6 is 0 Å². The van der Waals surface area contributed by atoms with E-state index in [0.29, 0.717) is 0 Å². The van der Waals surface area contributed by atoms with E-state index < -0.39 is 0 Å². The largest absolute Gasteiger partial charge is 0.378 e. The minimum atomic E-state index is 0.0176. The zero-order chi connectivity index (χ0) is 12.3. The van der Waals surface area contributed by atoms with Crippen LogP contribution in [-0.2, 0) is 0 Å². The summed E-state index contributed by atoms with van der Waals surface area (Å²) in [7, 11) is 3.97. The lowest BCUT2D eigenvalue weighted by molar-refractivity contribution is 0.0940. The Morgan fingerprint density at radius 2 is 2.06 bits per heavy atom. The number of hydrogen-bond acceptors (Lipinski definition) is 3. The lowest BCUT2D eigenvalue weighted by Crippen LogP contribution is -2.36. The molecule has 2 N–H and O–H groups in total. The second-order valence-corrected chi connectivity index (χ2v) is 4.60. The van der Waals surface area contributed by atoms with E-state index in [-0.39, 0.29) is 11.9 Å². The molecule has 1 heterocycles. The number of amides is 1. The minimum Gasteiger partial charge on any atom is -0.378 e. The summed E-state index contributed by atoms with van der Waals surface area (Å²) in [6, 6.07) is 7.93. The van der Waals surface area contributed by atoms with Crippen molar-refractivity contribution in [3.05, 3.63) is 29.8 Å². The van der Waals surface area contributed by atoms with Crippen molar-refractivity contribution < 1.29 is 4.79 Å². The number of hydrogen-bond donors (Lipinski definition) is 2. The summed E-state index contributed by atoms with van der Waals surface area (Å²) in [6.07, 6.45) is 1.02. The molecule has 0 radical (unpaired) electrons. The average molecular weight is 233 g/mol. The first-order valence-electron chi connectivity index (χ1n) is 5.96. The molecule has 1 fully saturated rings. The fourth-order valence-electron chi connectivity index (χ4n) is 1.96. The van der Waals surface area contributed by atoms with Gasteiger partial charge in [-0.05, 0) is 37.2 Å². The van der Waals surface area contributed by atoms with Crippen molar-refractivity contribution in [3.63, 3.8) is 0 Å². The lowest BCUT2D eigenvalue weighted by atomic mass is 10.1. The normalized spacial score (nSPS) is 19.1. The maximum absolute atomic E-state index is 11.9. The van der Waals surface area contributed by atoms with Crippen LogP contribution in [0, 0.1) is 0 Å². The molecule has 1 aromatic carbocycles. The van der Waals surface area contributed by atoms with Crippen LogP contribution in [0.1, 0.15) is 16.8 Å². The molecule has 0 bridgehead atoms. The predicted molar refractivity (Wildman–Crippen MR) is 69.5 cm³/mol. The SMILES string of the molecule is CN(C)c1ccc(C(=O)N[C@H]2CCNC2)cc1. The van der Waals surface area contributed by atoms with Crippen molar-refractivity contribution in [1.82, 2.24) is 10.6 Å². The highest BCUT2D eigenvalue weighted by Crippen LogP contribution is 2.12. The van der Waals surface area contributed by atoms with E-state index in [1.54, 1.807) is 0 Å². The van der Waals surface area contributed by atoms with Gasteiger partial charge >= 0.3 is 0 Å². The predicted octanol–water partition coefficient (Wildman–Crippen LogP) is 0.844. The second kappa shape index (κ2) is 5.19. The Morgan fingerprint density at radius 1 is 1.35 bits per heavy atom. The number of carbonyl (C=O) groups is 1. The molecule has 1 saturated heterocycles. The van der Waals surface area contributed by atoms with Crippen LogP contribution in [0.4, 0.5) is 5.69 Å². The number of rotatable bonds is 3. The minimum absolute atomic E-state index is 0.0176. The molecule has 17 heavy (non-hydrogen) atoms. The summed E-state index contributed by atoms with van der Waals surface area (Å²) in [4.78, 5) is 13.9. The third kappa shape index (κ3) is 2.97. The van der Waals surface area contributed by atoms with E-state index in [1.807, 2.05) is 43.3 Å². The number of nitrogens with one attached hydrogen (secondary N) is 2. The molecule has 0 aromatic heterocycles. The Bertz CT molecular complexity index is 380. The fourth-order valence-corrected chi connectivity index (χ4v) is 1.96. The van der Waals surface area contributed by atoms with Gasteiger partial charge in [-0.1, -0.05) is 0 Å². The van der Waals surface area contributed by atoms with Gasteiger partial charge in [-0.25, -0.2) is 0 Å². The third-order valence-corrected chi connectivity index (χ3v) is 3.04. The van der Waals surface area contributed by atoms with Gasteiger partial charge in [-0.2, -0.15) is 0 Å². The molecule has 1 aliphatic rings. The maximum Gasteiger partial charge on any atom is 0.251 e. The highest BCUT2D eigenvalue weighted by atomic mass is 16.1. The fraction of sp³-hybridized carbons (Fsp3) is 0.462. The van der Waals surface area contributed by atoms with Crippen LogP contribution in [0.2, 0.25) is 0 Å². The van der Waals surface area contributed by atoms with Crippen molar-refractivity contribution in [1.29, 1.82) is 0 Å². The third-order valence-electron chi connectivity index (χ3n) is 3.04. The molecule has 2 rings (SSSR count). The van der Waals surface area contributed by atoms with Crippen molar-refractivity contribution in [2.75, 3.05) is 32.1 Å². The molecular weight excluding hydrogens is 214 g/mol. The molecule has 0 unspecified atom stereocenters. The summed E-state index contributed by atoms with van der Waals surface area (Å²) in [5, 5.41) is 6.26. The molecule has 4 heteroatoms. The van der Waals surface area contributed by atoms with Gasteiger partial charge in [0.05, 0.1) is 0 Å². The highest BCUT2D eigenvalue weighted by Gasteiger charge is 2.17. The van der Waals surface area contributed by atoms with Crippen LogP contribution in [-0.4, -0.2) is 39.1 Å². The van der Waals surface area contributed by atoms with Crippen molar-refractivity contribution in [3.8, 4) is 0 Å². The van der Waals surface area contributed by atoms with Crippen molar-refractivity contribution in [2.24, 2.45) is 0 Å². The second-order valence-electron chi connectivity index (χ2n) is 4.60. The van der Waals surface area contributed by atoms with Gasteiger partial charge < -0.3 is 15.5 Å². The van der Waals surface area contributed by atoms with Crippen LogP contribution in [0.25, 0.3) is 0 Å². The summed E-state index contributed by atoms with van der Waals surface area (Å²) < 4.78 is 0. The maximum atomic E-state index is 11.9. The molecule has 0 saturated carbocycles. The quantitative estimate of drug-likeness (QED) is 0.813. The molecule has 1 atom stereocenters. The van der Waals surface area contributed by atoms with Gasteiger partial charge in [-0.3, -0.25) is 4.79 Å². The molecular formula is C13H19N3O. The van der Waals surface area contributed by atoms with E-state index in [1.165, 1.54) is 0 Å². The Kier molecular flexibility index (Phi) is 3.64. The smallest absolute Gasteiger partial charge is 0.251 e. The Hall–Kier alpha value is -1.55. The Labute approximate surface area is 102 Å². The summed E-state index contributed by atoms with van der Waals surface area (Å²) >= 11 is 0. The molecule has 92 valence electrons. The van der Waals surface area contributed by atoms with Crippen LogP contribution in [0.3, 0.4) is 0 Å². The van der Waals surface area contributed by atoms with Gasteiger partial charge in [0.1, 0.15) is 0 Å².